The SMILES string of the molecule is CC[C@H]1OCCC[C@@H]1C(=O)N1CCN(c2ccc3nncn3n2)CC1. The molecule has 1 amide bonds. The topological polar surface area (TPSA) is 75.9 Å². The molecule has 0 spiro atoms. The summed E-state index contributed by atoms with van der Waals surface area (Å²) in [6.45, 7) is 5.92. The third-order valence-corrected chi connectivity index (χ3v) is 5.22. The maximum absolute atomic E-state index is 12.9. The second kappa shape index (κ2) is 6.95. The zero-order chi connectivity index (χ0) is 17.2. The summed E-state index contributed by atoms with van der Waals surface area (Å²) in [7, 11) is 0. The fourth-order valence-electron chi connectivity index (χ4n) is 3.80. The van der Waals surface area contributed by atoms with Crippen LogP contribution in [-0.4, -0.2) is 69.5 Å². The Morgan fingerprint density at radius 3 is 2.92 bits per heavy atom. The van der Waals surface area contributed by atoms with Gasteiger partial charge in [-0.2, -0.15) is 4.52 Å². The number of aromatic nitrogens is 4. The van der Waals surface area contributed by atoms with E-state index in [9.17, 15) is 4.79 Å². The van der Waals surface area contributed by atoms with Crippen molar-refractivity contribution in [3.8, 4) is 0 Å². The van der Waals surface area contributed by atoms with E-state index in [0.29, 0.717) is 0 Å². The monoisotopic (exact) mass is 344 g/mol. The van der Waals surface area contributed by atoms with Crippen LogP contribution >= 0.6 is 0 Å². The highest BCUT2D eigenvalue weighted by Gasteiger charge is 2.34. The number of anilines is 1. The smallest absolute Gasteiger partial charge is 0.228 e. The Labute approximate surface area is 146 Å². The van der Waals surface area contributed by atoms with Crippen molar-refractivity contribution in [3.05, 3.63) is 18.5 Å². The maximum Gasteiger partial charge on any atom is 0.228 e. The van der Waals surface area contributed by atoms with Crippen LogP contribution in [-0.2, 0) is 9.53 Å². The molecule has 0 aliphatic carbocycles. The van der Waals surface area contributed by atoms with Gasteiger partial charge in [-0.25, -0.2) is 0 Å². The number of carbonyl (C=O) groups excluding carboxylic acids is 1. The summed E-state index contributed by atoms with van der Waals surface area (Å²) in [5.74, 6) is 1.18. The van der Waals surface area contributed by atoms with E-state index in [1.807, 2.05) is 17.0 Å². The van der Waals surface area contributed by atoms with Crippen LogP contribution in [0.25, 0.3) is 5.65 Å². The Hall–Kier alpha value is -2.22. The van der Waals surface area contributed by atoms with Crippen LogP contribution < -0.4 is 4.90 Å². The van der Waals surface area contributed by atoms with E-state index < -0.39 is 0 Å². The lowest BCUT2D eigenvalue weighted by Gasteiger charge is -2.39. The van der Waals surface area contributed by atoms with Gasteiger partial charge in [0.2, 0.25) is 5.91 Å². The molecule has 0 bridgehead atoms. The number of amides is 1. The number of rotatable bonds is 3. The van der Waals surface area contributed by atoms with Crippen LogP contribution in [0, 0.1) is 5.92 Å². The lowest BCUT2D eigenvalue weighted by molar-refractivity contribution is -0.145. The van der Waals surface area contributed by atoms with Gasteiger partial charge in [-0.1, -0.05) is 6.92 Å². The molecule has 4 rings (SSSR count). The molecule has 0 unspecified atom stereocenters. The van der Waals surface area contributed by atoms with Crippen molar-refractivity contribution in [2.45, 2.75) is 32.3 Å². The zero-order valence-corrected chi connectivity index (χ0v) is 14.5. The highest BCUT2D eigenvalue weighted by molar-refractivity contribution is 5.79. The predicted molar refractivity (Wildman–Crippen MR) is 92.3 cm³/mol. The van der Waals surface area contributed by atoms with Crippen LogP contribution in [0.4, 0.5) is 5.82 Å². The van der Waals surface area contributed by atoms with Gasteiger partial charge in [0.1, 0.15) is 12.1 Å². The predicted octanol–water partition coefficient (Wildman–Crippen LogP) is 0.978. The van der Waals surface area contributed by atoms with Gasteiger partial charge >= 0.3 is 0 Å². The summed E-state index contributed by atoms with van der Waals surface area (Å²) < 4.78 is 7.47. The van der Waals surface area contributed by atoms with Gasteiger partial charge < -0.3 is 14.5 Å². The van der Waals surface area contributed by atoms with Gasteiger partial charge in [-0.15, -0.1) is 15.3 Å². The van der Waals surface area contributed by atoms with E-state index in [-0.39, 0.29) is 17.9 Å². The highest BCUT2D eigenvalue weighted by Crippen LogP contribution is 2.26. The molecule has 2 atom stereocenters. The Kier molecular flexibility index (Phi) is 4.52. The van der Waals surface area contributed by atoms with E-state index in [2.05, 4.69) is 27.1 Å². The van der Waals surface area contributed by atoms with Crippen molar-refractivity contribution < 1.29 is 9.53 Å². The van der Waals surface area contributed by atoms with E-state index in [4.69, 9.17) is 4.74 Å². The number of nitrogens with zero attached hydrogens (tertiary/aromatic N) is 6. The normalized spacial score (nSPS) is 24.7. The molecule has 134 valence electrons. The fourth-order valence-corrected chi connectivity index (χ4v) is 3.80. The summed E-state index contributed by atoms with van der Waals surface area (Å²) >= 11 is 0. The lowest BCUT2D eigenvalue weighted by Crippen LogP contribution is -2.52. The van der Waals surface area contributed by atoms with Crippen LogP contribution in [0.2, 0.25) is 0 Å². The molecular weight excluding hydrogens is 320 g/mol. The quantitative estimate of drug-likeness (QED) is 0.826. The molecule has 0 N–H and O–H groups in total. The van der Waals surface area contributed by atoms with Crippen molar-refractivity contribution in [3.63, 3.8) is 0 Å². The first-order valence-corrected chi connectivity index (χ1v) is 9.08. The first kappa shape index (κ1) is 16.3. The molecule has 2 fully saturated rings. The summed E-state index contributed by atoms with van der Waals surface area (Å²) in [4.78, 5) is 17.1. The largest absolute Gasteiger partial charge is 0.377 e. The summed E-state index contributed by atoms with van der Waals surface area (Å²) in [5, 5.41) is 12.4. The van der Waals surface area contributed by atoms with E-state index in [0.717, 1.165) is 63.5 Å². The zero-order valence-electron chi connectivity index (χ0n) is 14.5. The van der Waals surface area contributed by atoms with Gasteiger partial charge in [0, 0.05) is 32.8 Å². The van der Waals surface area contributed by atoms with Gasteiger partial charge in [-0.3, -0.25) is 4.79 Å². The van der Waals surface area contributed by atoms with Crippen molar-refractivity contribution in [1.29, 1.82) is 0 Å². The number of hydrogen-bond acceptors (Lipinski definition) is 6. The van der Waals surface area contributed by atoms with Crippen molar-refractivity contribution in [2.75, 3.05) is 37.7 Å². The summed E-state index contributed by atoms with van der Waals surface area (Å²) in [5.41, 5.74) is 0.737. The second-order valence-electron chi connectivity index (χ2n) is 6.70. The second-order valence-corrected chi connectivity index (χ2v) is 6.70. The molecule has 2 saturated heterocycles. The maximum atomic E-state index is 12.9. The molecule has 4 heterocycles. The molecule has 2 aliphatic rings. The Morgan fingerprint density at radius 2 is 2.12 bits per heavy atom. The molecule has 2 aromatic heterocycles. The van der Waals surface area contributed by atoms with Crippen LogP contribution in [0.15, 0.2) is 18.5 Å². The van der Waals surface area contributed by atoms with Gasteiger partial charge in [0.05, 0.1) is 12.0 Å². The molecule has 2 aromatic rings. The molecule has 8 heteroatoms. The number of fused-ring (bicyclic) bond motifs is 1. The fraction of sp³-hybridized carbons (Fsp3) is 0.647. The first-order chi connectivity index (χ1) is 12.3. The highest BCUT2D eigenvalue weighted by atomic mass is 16.5. The Bertz CT molecular complexity index is 740. The van der Waals surface area contributed by atoms with Crippen molar-refractivity contribution in [1.82, 2.24) is 24.7 Å². The lowest BCUT2D eigenvalue weighted by atomic mass is 9.91. The van der Waals surface area contributed by atoms with E-state index in [1.165, 1.54) is 0 Å². The molecule has 0 aromatic carbocycles. The first-order valence-electron chi connectivity index (χ1n) is 9.08. The molecule has 2 aliphatic heterocycles. The Balaban J connectivity index is 1.39. The summed E-state index contributed by atoms with van der Waals surface area (Å²) in [6.07, 6.45) is 4.52. The van der Waals surface area contributed by atoms with Crippen molar-refractivity contribution in [2.24, 2.45) is 5.92 Å². The van der Waals surface area contributed by atoms with Crippen LogP contribution in [0.1, 0.15) is 26.2 Å². The third kappa shape index (κ3) is 3.18. The van der Waals surface area contributed by atoms with Gasteiger partial charge in [0.15, 0.2) is 5.65 Å². The number of hydrogen-bond donors (Lipinski definition) is 0. The van der Waals surface area contributed by atoms with Crippen LogP contribution in [0.5, 0.6) is 0 Å². The molecule has 0 radical (unpaired) electrons. The van der Waals surface area contributed by atoms with E-state index >= 15 is 0 Å². The average Bonchev–Trinajstić information content (AvgIpc) is 3.15. The Morgan fingerprint density at radius 1 is 1.28 bits per heavy atom. The molecule has 8 nitrogen and oxygen atoms in total. The average molecular weight is 344 g/mol. The molecule has 0 saturated carbocycles. The number of ether oxygens (including phenoxy) is 1. The van der Waals surface area contributed by atoms with E-state index in [1.54, 1.807) is 10.8 Å². The molecule has 25 heavy (non-hydrogen) atoms. The number of carbonyl (C=O) groups is 1. The minimum atomic E-state index is 0.0248. The third-order valence-electron chi connectivity index (χ3n) is 5.22. The molecular formula is C17H24N6O2. The minimum absolute atomic E-state index is 0.0248. The van der Waals surface area contributed by atoms with Gasteiger partial charge in [-0.05, 0) is 31.4 Å². The van der Waals surface area contributed by atoms with Gasteiger partial charge in [0.25, 0.3) is 0 Å². The van der Waals surface area contributed by atoms with Crippen molar-refractivity contribution >= 4 is 17.4 Å². The van der Waals surface area contributed by atoms with Crippen LogP contribution in [0.3, 0.4) is 0 Å². The standard InChI is InChI=1S/C17H24N6O2/c1-2-14-13(4-3-11-25-14)17(24)22-9-7-21(8-10-22)16-6-5-15-19-18-12-23(15)20-16/h5-6,12-14H,2-4,7-11H2,1H3/t13-,14+/m0/s1. The number of piperazine rings is 1. The summed E-state index contributed by atoms with van der Waals surface area (Å²) in [6, 6.07) is 3.88. The minimum Gasteiger partial charge on any atom is -0.377 e.